The highest BCUT2D eigenvalue weighted by Gasteiger charge is 2.38. The van der Waals surface area contributed by atoms with Crippen molar-refractivity contribution in [1.29, 1.82) is 0 Å². The van der Waals surface area contributed by atoms with Crippen LogP contribution in [0.2, 0.25) is 0 Å². The average molecular weight is 616 g/mol. The van der Waals surface area contributed by atoms with E-state index in [2.05, 4.69) is 9.80 Å². The SMILES string of the molecule is COc1ccc(C(C(=O)N(C)CCc2cc(C(F)(F)F)cc(C(F)(F)F)c2)N2CCN(C3CCCCC3)CC2)cc1OC. The van der Waals surface area contributed by atoms with Gasteiger partial charge >= 0.3 is 12.4 Å². The fraction of sp³-hybridized carbons (Fsp3) is 0.581. The summed E-state index contributed by atoms with van der Waals surface area (Å²) in [5, 5.41) is 0. The van der Waals surface area contributed by atoms with Crippen LogP contribution in [-0.4, -0.2) is 80.6 Å². The van der Waals surface area contributed by atoms with Gasteiger partial charge in [0.05, 0.1) is 25.3 Å². The molecule has 0 radical (unpaired) electrons. The molecule has 1 unspecified atom stereocenters. The molecule has 1 saturated carbocycles. The summed E-state index contributed by atoms with van der Waals surface area (Å²) in [7, 11) is 4.53. The summed E-state index contributed by atoms with van der Waals surface area (Å²) in [6.07, 6.45) is -4.00. The lowest BCUT2D eigenvalue weighted by atomic mass is 9.93. The lowest BCUT2D eigenvalue weighted by Gasteiger charge is -2.43. The van der Waals surface area contributed by atoms with Crippen LogP contribution < -0.4 is 9.47 Å². The molecule has 4 rings (SSSR count). The molecule has 1 aliphatic carbocycles. The first kappa shape index (κ1) is 32.9. The van der Waals surface area contributed by atoms with Gasteiger partial charge in [-0.3, -0.25) is 14.6 Å². The Balaban J connectivity index is 1.55. The lowest BCUT2D eigenvalue weighted by Crippen LogP contribution is -2.54. The van der Waals surface area contributed by atoms with Crippen LogP contribution in [0.4, 0.5) is 26.3 Å². The van der Waals surface area contributed by atoms with Gasteiger partial charge in [0.15, 0.2) is 11.5 Å². The molecule has 2 aliphatic rings. The van der Waals surface area contributed by atoms with E-state index in [0.29, 0.717) is 48.3 Å². The van der Waals surface area contributed by atoms with Gasteiger partial charge in [-0.15, -0.1) is 0 Å². The third-order valence-electron chi connectivity index (χ3n) is 8.52. The average Bonchev–Trinajstić information content (AvgIpc) is 2.99. The summed E-state index contributed by atoms with van der Waals surface area (Å²) in [6, 6.07) is 6.60. The number of halogens is 6. The number of hydrogen-bond donors (Lipinski definition) is 0. The molecule has 0 N–H and O–H groups in total. The van der Waals surface area contributed by atoms with E-state index >= 15 is 0 Å². The van der Waals surface area contributed by atoms with E-state index in [1.54, 1.807) is 18.2 Å². The molecule has 12 heteroatoms. The minimum Gasteiger partial charge on any atom is -0.493 e. The zero-order valence-corrected chi connectivity index (χ0v) is 24.7. The van der Waals surface area contributed by atoms with Gasteiger partial charge in [0, 0.05) is 45.8 Å². The molecule has 238 valence electrons. The van der Waals surface area contributed by atoms with Crippen molar-refractivity contribution in [3.8, 4) is 11.5 Å². The fourth-order valence-corrected chi connectivity index (χ4v) is 6.12. The molecule has 1 atom stereocenters. The molecule has 43 heavy (non-hydrogen) atoms. The van der Waals surface area contributed by atoms with E-state index < -0.39 is 29.5 Å². The minimum absolute atomic E-state index is 0.0662. The molecule has 1 amide bonds. The Kier molecular flexibility index (Phi) is 10.5. The maximum Gasteiger partial charge on any atom is 0.416 e. The third-order valence-corrected chi connectivity index (χ3v) is 8.52. The van der Waals surface area contributed by atoms with Crippen LogP contribution in [0.15, 0.2) is 36.4 Å². The van der Waals surface area contributed by atoms with E-state index in [0.717, 1.165) is 13.1 Å². The largest absolute Gasteiger partial charge is 0.493 e. The van der Waals surface area contributed by atoms with Crippen molar-refractivity contribution in [3.63, 3.8) is 0 Å². The molecule has 2 aromatic rings. The summed E-state index contributed by atoms with van der Waals surface area (Å²) in [4.78, 5) is 19.9. The third kappa shape index (κ3) is 8.14. The summed E-state index contributed by atoms with van der Waals surface area (Å²) < 4.78 is 91.0. The number of nitrogens with zero attached hydrogens (tertiary/aromatic N) is 3. The van der Waals surface area contributed by atoms with Gasteiger partial charge in [-0.05, 0) is 60.7 Å². The molecule has 0 aromatic heterocycles. The van der Waals surface area contributed by atoms with Gasteiger partial charge in [0.25, 0.3) is 0 Å². The Labute approximate surface area is 248 Å². The Morgan fingerprint density at radius 2 is 1.44 bits per heavy atom. The van der Waals surface area contributed by atoms with Gasteiger partial charge < -0.3 is 14.4 Å². The van der Waals surface area contributed by atoms with E-state index in [1.807, 2.05) is 0 Å². The molecular weight excluding hydrogens is 576 g/mol. The Hall–Kier alpha value is -2.99. The number of ether oxygens (including phenoxy) is 2. The van der Waals surface area contributed by atoms with E-state index in [1.165, 1.54) is 58.3 Å². The van der Waals surface area contributed by atoms with Crippen LogP contribution in [0.5, 0.6) is 11.5 Å². The number of carbonyl (C=O) groups is 1. The first-order valence-corrected chi connectivity index (χ1v) is 14.5. The Bertz CT molecular complexity index is 1210. The maximum absolute atomic E-state index is 14.0. The van der Waals surface area contributed by atoms with Crippen molar-refractivity contribution in [3.05, 3.63) is 58.7 Å². The highest BCUT2D eigenvalue weighted by molar-refractivity contribution is 5.83. The summed E-state index contributed by atoms with van der Waals surface area (Å²) in [6.45, 7) is 2.81. The molecular formula is C31H39F6N3O3. The molecule has 0 spiro atoms. The Morgan fingerprint density at radius 1 is 0.860 bits per heavy atom. The highest BCUT2D eigenvalue weighted by atomic mass is 19.4. The fourth-order valence-electron chi connectivity index (χ4n) is 6.12. The van der Waals surface area contributed by atoms with Crippen LogP contribution in [0, 0.1) is 0 Å². The first-order valence-electron chi connectivity index (χ1n) is 14.5. The summed E-state index contributed by atoms with van der Waals surface area (Å²) in [5.74, 6) is 0.643. The van der Waals surface area contributed by atoms with Crippen molar-refractivity contribution >= 4 is 5.91 Å². The van der Waals surface area contributed by atoms with Gasteiger partial charge in [-0.25, -0.2) is 0 Å². The van der Waals surface area contributed by atoms with Gasteiger partial charge in [0.1, 0.15) is 6.04 Å². The quantitative estimate of drug-likeness (QED) is 0.304. The second-order valence-corrected chi connectivity index (χ2v) is 11.3. The molecule has 0 bridgehead atoms. The van der Waals surface area contributed by atoms with Crippen LogP contribution in [0.3, 0.4) is 0 Å². The topological polar surface area (TPSA) is 45.2 Å². The van der Waals surface area contributed by atoms with Gasteiger partial charge in [0.2, 0.25) is 5.91 Å². The standard InChI is InChI=1S/C31H39F6N3O3/c1-38(12-11-21-17-23(30(32,33)34)20-24(18-21)31(35,36)37)29(41)28(22-9-10-26(42-2)27(19-22)43-3)40-15-13-39(14-16-40)25-7-5-4-6-8-25/h9-10,17-20,25,28H,4-8,11-16H2,1-3H3. The molecule has 2 fully saturated rings. The number of likely N-dealkylation sites (N-methyl/N-ethyl adjacent to an activating group) is 1. The van der Waals surface area contributed by atoms with E-state index in [4.69, 9.17) is 9.47 Å². The smallest absolute Gasteiger partial charge is 0.416 e. The predicted octanol–water partition coefficient (Wildman–Crippen LogP) is 6.43. The number of hydrogen-bond acceptors (Lipinski definition) is 5. The second kappa shape index (κ2) is 13.8. The first-order chi connectivity index (χ1) is 20.3. The molecule has 1 heterocycles. The molecule has 6 nitrogen and oxygen atoms in total. The minimum atomic E-state index is -4.93. The van der Waals surface area contributed by atoms with Crippen LogP contribution >= 0.6 is 0 Å². The number of methoxy groups -OCH3 is 2. The van der Waals surface area contributed by atoms with Crippen molar-refractivity contribution < 1.29 is 40.6 Å². The number of benzene rings is 2. The number of amides is 1. The highest BCUT2D eigenvalue weighted by Crippen LogP contribution is 2.37. The molecule has 1 saturated heterocycles. The molecule has 2 aromatic carbocycles. The van der Waals surface area contributed by atoms with Crippen molar-refractivity contribution in [1.82, 2.24) is 14.7 Å². The van der Waals surface area contributed by atoms with Crippen molar-refractivity contribution in [2.75, 3.05) is 54.0 Å². The maximum atomic E-state index is 14.0. The summed E-state index contributed by atoms with van der Waals surface area (Å²) in [5.41, 5.74) is -2.22. The zero-order valence-electron chi connectivity index (χ0n) is 24.7. The van der Waals surface area contributed by atoms with Crippen LogP contribution in [0.1, 0.15) is 60.4 Å². The monoisotopic (exact) mass is 615 g/mol. The normalized spacial score (nSPS) is 18.3. The molecule has 1 aliphatic heterocycles. The summed E-state index contributed by atoms with van der Waals surface area (Å²) >= 11 is 0. The van der Waals surface area contributed by atoms with E-state index in [9.17, 15) is 31.1 Å². The van der Waals surface area contributed by atoms with Crippen molar-refractivity contribution in [2.45, 2.75) is 63.0 Å². The van der Waals surface area contributed by atoms with E-state index in [-0.39, 0.29) is 30.5 Å². The number of carbonyl (C=O) groups excluding carboxylic acids is 1. The number of alkyl halides is 6. The second-order valence-electron chi connectivity index (χ2n) is 11.3. The zero-order chi connectivity index (χ0) is 31.4. The number of piperazine rings is 1. The van der Waals surface area contributed by atoms with Gasteiger partial charge in [-0.2, -0.15) is 26.3 Å². The predicted molar refractivity (Wildman–Crippen MR) is 150 cm³/mol. The Morgan fingerprint density at radius 3 is 1.98 bits per heavy atom. The number of rotatable bonds is 9. The lowest BCUT2D eigenvalue weighted by molar-refractivity contribution is -0.143. The van der Waals surface area contributed by atoms with Gasteiger partial charge in [-0.1, -0.05) is 25.3 Å². The van der Waals surface area contributed by atoms with Crippen LogP contribution in [0.25, 0.3) is 0 Å². The van der Waals surface area contributed by atoms with Crippen LogP contribution in [-0.2, 0) is 23.6 Å². The van der Waals surface area contributed by atoms with Crippen molar-refractivity contribution in [2.24, 2.45) is 0 Å².